The van der Waals surface area contributed by atoms with Crippen molar-refractivity contribution in [2.75, 3.05) is 25.5 Å². The van der Waals surface area contributed by atoms with Crippen LogP contribution in [-0.4, -0.2) is 31.1 Å². The number of rotatable bonds is 5. The Morgan fingerprint density at radius 1 is 1.21 bits per heavy atom. The number of halogens is 2. The molecule has 0 aromatic heterocycles. The number of anilines is 1. The molecule has 0 radical (unpaired) electrons. The van der Waals surface area contributed by atoms with Gasteiger partial charge in [-0.15, -0.1) is 0 Å². The van der Waals surface area contributed by atoms with E-state index in [-0.39, 0.29) is 6.03 Å². The van der Waals surface area contributed by atoms with Gasteiger partial charge < -0.3 is 10.6 Å². The molecule has 1 aliphatic heterocycles. The molecule has 1 atom stereocenters. The van der Waals surface area contributed by atoms with Crippen LogP contribution in [0.15, 0.2) is 36.4 Å². The maximum atomic E-state index is 11.8. The van der Waals surface area contributed by atoms with Gasteiger partial charge >= 0.3 is 6.03 Å². The number of benzene rings is 2. The van der Waals surface area contributed by atoms with Crippen molar-refractivity contribution in [1.29, 1.82) is 0 Å². The van der Waals surface area contributed by atoms with Crippen LogP contribution in [0.5, 0.6) is 0 Å². The molecule has 2 aromatic rings. The first-order chi connectivity index (χ1) is 13.5. The molecule has 3 rings (SSSR count). The van der Waals surface area contributed by atoms with Gasteiger partial charge in [0.25, 0.3) is 0 Å². The van der Waals surface area contributed by atoms with Crippen LogP contribution in [0.3, 0.4) is 0 Å². The molecular formula is C22H27Cl2N3O. The van der Waals surface area contributed by atoms with Crippen LogP contribution in [0.2, 0.25) is 10.0 Å². The zero-order valence-electron chi connectivity index (χ0n) is 16.4. The topological polar surface area (TPSA) is 44.4 Å². The van der Waals surface area contributed by atoms with Gasteiger partial charge in [0.05, 0.1) is 10.0 Å². The zero-order chi connectivity index (χ0) is 20.1. The molecule has 1 fully saturated rings. The largest absolute Gasteiger partial charge is 0.341 e. The second kappa shape index (κ2) is 9.64. The van der Waals surface area contributed by atoms with E-state index in [0.717, 1.165) is 49.3 Å². The fourth-order valence-electron chi connectivity index (χ4n) is 3.88. The lowest BCUT2D eigenvalue weighted by Crippen LogP contribution is -2.36. The van der Waals surface area contributed by atoms with E-state index in [2.05, 4.69) is 34.6 Å². The van der Waals surface area contributed by atoms with Crippen LogP contribution in [0, 0.1) is 12.8 Å². The Morgan fingerprint density at radius 3 is 2.82 bits per heavy atom. The van der Waals surface area contributed by atoms with Crippen molar-refractivity contribution in [1.82, 2.24) is 10.2 Å². The molecule has 1 unspecified atom stereocenters. The monoisotopic (exact) mass is 419 g/mol. The van der Waals surface area contributed by atoms with E-state index in [1.807, 2.05) is 24.3 Å². The van der Waals surface area contributed by atoms with E-state index < -0.39 is 0 Å². The Kier molecular flexibility index (Phi) is 7.22. The van der Waals surface area contributed by atoms with E-state index in [1.54, 1.807) is 7.05 Å². The normalized spacial score (nSPS) is 17.4. The number of hydrogen-bond acceptors (Lipinski definition) is 2. The van der Waals surface area contributed by atoms with E-state index >= 15 is 0 Å². The molecule has 150 valence electrons. The third-order valence-electron chi connectivity index (χ3n) is 5.27. The van der Waals surface area contributed by atoms with Gasteiger partial charge in [0.1, 0.15) is 0 Å². The summed E-state index contributed by atoms with van der Waals surface area (Å²) in [7, 11) is 1.62. The fourth-order valence-corrected chi connectivity index (χ4v) is 4.28. The van der Waals surface area contributed by atoms with Gasteiger partial charge in [-0.2, -0.15) is 0 Å². The maximum Gasteiger partial charge on any atom is 0.318 e. The van der Waals surface area contributed by atoms with Crippen molar-refractivity contribution in [3.63, 3.8) is 0 Å². The predicted octanol–water partition coefficient (Wildman–Crippen LogP) is 5.51. The molecule has 1 heterocycles. The Balaban J connectivity index is 1.69. The molecule has 1 aliphatic rings. The highest BCUT2D eigenvalue weighted by molar-refractivity contribution is 6.42. The number of carbonyl (C=O) groups excluding carboxylic acids is 1. The van der Waals surface area contributed by atoms with Gasteiger partial charge in [-0.05, 0) is 61.9 Å². The summed E-state index contributed by atoms with van der Waals surface area (Å²) in [5.41, 5.74) is 4.32. The molecular weight excluding hydrogens is 393 g/mol. The summed E-state index contributed by atoms with van der Waals surface area (Å²) >= 11 is 12.6. The highest BCUT2D eigenvalue weighted by atomic mass is 35.5. The molecule has 0 spiro atoms. The number of nitrogens with one attached hydrogen (secondary N) is 2. The van der Waals surface area contributed by atoms with Crippen molar-refractivity contribution in [3.8, 4) is 0 Å². The molecule has 0 aliphatic carbocycles. The van der Waals surface area contributed by atoms with Crippen LogP contribution in [-0.2, 0) is 13.0 Å². The third kappa shape index (κ3) is 5.40. The fraction of sp³-hybridized carbons (Fsp3) is 0.409. The first-order valence-corrected chi connectivity index (χ1v) is 10.5. The quantitative estimate of drug-likeness (QED) is 0.670. The molecule has 2 aromatic carbocycles. The van der Waals surface area contributed by atoms with Crippen molar-refractivity contribution in [2.45, 2.75) is 32.7 Å². The molecule has 2 N–H and O–H groups in total. The van der Waals surface area contributed by atoms with E-state index in [0.29, 0.717) is 16.0 Å². The lowest BCUT2D eigenvalue weighted by atomic mass is 9.91. The van der Waals surface area contributed by atoms with E-state index in [9.17, 15) is 4.79 Å². The number of aryl methyl sites for hydroxylation is 1. The van der Waals surface area contributed by atoms with Crippen molar-refractivity contribution >= 4 is 34.9 Å². The minimum Gasteiger partial charge on any atom is -0.341 e. The van der Waals surface area contributed by atoms with Crippen LogP contribution in [0.25, 0.3) is 0 Å². The molecule has 4 nitrogen and oxygen atoms in total. The number of nitrogens with zero attached hydrogens (tertiary/aromatic N) is 1. The Labute approximate surface area is 177 Å². The van der Waals surface area contributed by atoms with Crippen LogP contribution >= 0.6 is 23.2 Å². The highest BCUT2D eigenvalue weighted by Gasteiger charge is 2.22. The lowest BCUT2D eigenvalue weighted by molar-refractivity contribution is 0.167. The smallest absolute Gasteiger partial charge is 0.318 e. The SMILES string of the molecule is CNC(=O)Nc1ccc(C)cc1CN1CCCC(Cc2cccc(Cl)c2Cl)C1. The first kappa shape index (κ1) is 21.0. The van der Waals surface area contributed by atoms with Gasteiger partial charge in [-0.3, -0.25) is 4.90 Å². The second-order valence-electron chi connectivity index (χ2n) is 7.53. The minimum atomic E-state index is -0.197. The van der Waals surface area contributed by atoms with Crippen LogP contribution in [0.4, 0.5) is 10.5 Å². The number of hydrogen-bond donors (Lipinski definition) is 2. The van der Waals surface area contributed by atoms with Crippen molar-refractivity contribution in [3.05, 3.63) is 63.1 Å². The summed E-state index contributed by atoms with van der Waals surface area (Å²) in [6.45, 7) is 4.97. The summed E-state index contributed by atoms with van der Waals surface area (Å²) in [4.78, 5) is 14.2. The Bertz CT molecular complexity index is 841. The molecule has 1 saturated heterocycles. The van der Waals surface area contributed by atoms with Gasteiger partial charge in [0.15, 0.2) is 0 Å². The standard InChI is InChI=1S/C22H27Cl2N3O/c1-15-8-9-20(26-22(28)25-2)18(11-15)14-27-10-4-5-16(13-27)12-17-6-3-7-19(23)21(17)24/h3,6-9,11,16H,4-5,10,12-14H2,1-2H3,(H2,25,26,28). The summed E-state index contributed by atoms with van der Waals surface area (Å²) in [6.07, 6.45) is 3.29. The van der Waals surface area contributed by atoms with Gasteiger partial charge in [0, 0.05) is 25.8 Å². The Hall–Kier alpha value is -1.75. The van der Waals surface area contributed by atoms with Gasteiger partial charge in [-0.25, -0.2) is 4.79 Å². The molecule has 0 bridgehead atoms. The molecule has 6 heteroatoms. The summed E-state index contributed by atoms with van der Waals surface area (Å²) in [6, 6.07) is 11.8. The summed E-state index contributed by atoms with van der Waals surface area (Å²) in [5.74, 6) is 0.546. The molecule has 0 saturated carbocycles. The number of carbonyl (C=O) groups is 1. The average molecular weight is 420 g/mol. The van der Waals surface area contributed by atoms with E-state index in [4.69, 9.17) is 23.2 Å². The Morgan fingerprint density at radius 2 is 2.04 bits per heavy atom. The molecule has 2 amide bonds. The van der Waals surface area contributed by atoms with Crippen LogP contribution < -0.4 is 10.6 Å². The summed E-state index contributed by atoms with van der Waals surface area (Å²) < 4.78 is 0. The first-order valence-electron chi connectivity index (χ1n) is 9.69. The number of likely N-dealkylation sites (tertiary alicyclic amines) is 1. The lowest BCUT2D eigenvalue weighted by Gasteiger charge is -2.33. The van der Waals surface area contributed by atoms with E-state index in [1.165, 1.54) is 12.0 Å². The van der Waals surface area contributed by atoms with Gasteiger partial charge in [0.2, 0.25) is 0 Å². The van der Waals surface area contributed by atoms with Crippen molar-refractivity contribution < 1.29 is 4.79 Å². The summed E-state index contributed by atoms with van der Waals surface area (Å²) in [5, 5.41) is 6.85. The third-order valence-corrected chi connectivity index (χ3v) is 6.13. The van der Waals surface area contributed by atoms with Crippen LogP contribution in [0.1, 0.15) is 29.5 Å². The maximum absolute atomic E-state index is 11.8. The number of piperidine rings is 1. The number of amides is 2. The minimum absolute atomic E-state index is 0.197. The highest BCUT2D eigenvalue weighted by Crippen LogP contribution is 2.30. The number of urea groups is 1. The predicted molar refractivity (Wildman–Crippen MR) is 117 cm³/mol. The van der Waals surface area contributed by atoms with Crippen molar-refractivity contribution in [2.24, 2.45) is 5.92 Å². The van der Waals surface area contributed by atoms with Gasteiger partial charge in [-0.1, -0.05) is 53.0 Å². The zero-order valence-corrected chi connectivity index (χ0v) is 17.9. The average Bonchev–Trinajstić information content (AvgIpc) is 2.68. The second-order valence-corrected chi connectivity index (χ2v) is 8.31. The molecule has 28 heavy (non-hydrogen) atoms.